The zero-order chi connectivity index (χ0) is 12.9. The van der Waals surface area contributed by atoms with Gasteiger partial charge in [-0.3, -0.25) is 4.79 Å². The Kier molecular flexibility index (Phi) is 4.62. The summed E-state index contributed by atoms with van der Waals surface area (Å²) in [7, 11) is 1.63. The van der Waals surface area contributed by atoms with Crippen molar-refractivity contribution in [3.05, 3.63) is 11.8 Å². The van der Waals surface area contributed by atoms with Gasteiger partial charge in [0.25, 0.3) is 0 Å². The zero-order valence-corrected chi connectivity index (χ0v) is 10.4. The third kappa shape index (κ3) is 4.95. The van der Waals surface area contributed by atoms with E-state index in [0.29, 0.717) is 31.0 Å². The fraction of sp³-hybridized carbons (Fsp3) is 0.727. The Morgan fingerprint density at radius 3 is 2.65 bits per heavy atom. The van der Waals surface area contributed by atoms with Crippen LogP contribution < -0.4 is 0 Å². The Morgan fingerprint density at radius 1 is 1.41 bits per heavy atom. The van der Waals surface area contributed by atoms with Crippen LogP contribution in [0, 0.1) is 0 Å². The van der Waals surface area contributed by atoms with Gasteiger partial charge in [0, 0.05) is 20.0 Å². The van der Waals surface area contributed by atoms with Crippen LogP contribution in [0.4, 0.5) is 0 Å². The van der Waals surface area contributed by atoms with Crippen molar-refractivity contribution in [3.8, 4) is 0 Å². The number of ether oxygens (including phenoxy) is 1. The van der Waals surface area contributed by atoms with E-state index >= 15 is 0 Å². The van der Waals surface area contributed by atoms with E-state index in [1.807, 2.05) is 13.8 Å². The van der Waals surface area contributed by atoms with Gasteiger partial charge in [-0.15, -0.1) is 10.2 Å². The van der Waals surface area contributed by atoms with Gasteiger partial charge in [-0.1, -0.05) is 0 Å². The summed E-state index contributed by atoms with van der Waals surface area (Å²) in [6.07, 6.45) is 1.65. The van der Waals surface area contributed by atoms with E-state index in [1.165, 1.54) is 0 Å². The third-order valence-corrected chi connectivity index (χ3v) is 2.42. The molecule has 0 fully saturated rings. The lowest BCUT2D eigenvalue weighted by Gasteiger charge is -2.20. The molecule has 0 aliphatic heterocycles. The fourth-order valence-corrected chi connectivity index (χ4v) is 1.29. The molecule has 0 aromatic carbocycles. The van der Waals surface area contributed by atoms with Crippen molar-refractivity contribution in [2.24, 2.45) is 0 Å². The Balaban J connectivity index is 2.45. The Hall–Kier alpha value is -1.43. The molecular formula is C11H18N2O4. The van der Waals surface area contributed by atoms with Crippen LogP contribution in [0.25, 0.3) is 0 Å². The summed E-state index contributed by atoms with van der Waals surface area (Å²) >= 11 is 0. The summed E-state index contributed by atoms with van der Waals surface area (Å²) in [5, 5.41) is 16.3. The molecule has 0 bridgehead atoms. The average Bonchev–Trinajstić information content (AvgIpc) is 2.64. The summed E-state index contributed by atoms with van der Waals surface area (Å²) in [5.74, 6) is 0.181. The predicted molar refractivity (Wildman–Crippen MR) is 59.7 cm³/mol. The molecule has 0 atom stereocenters. The molecule has 0 aliphatic carbocycles. The van der Waals surface area contributed by atoms with Crippen LogP contribution >= 0.6 is 0 Å². The van der Waals surface area contributed by atoms with Gasteiger partial charge in [-0.25, -0.2) is 0 Å². The molecule has 0 radical (unpaired) electrons. The van der Waals surface area contributed by atoms with E-state index in [4.69, 9.17) is 14.3 Å². The minimum atomic E-state index is -0.815. The van der Waals surface area contributed by atoms with Crippen molar-refractivity contribution in [1.82, 2.24) is 10.2 Å². The van der Waals surface area contributed by atoms with Gasteiger partial charge in [-0.05, 0) is 20.3 Å². The minimum Gasteiger partial charge on any atom is -0.481 e. The van der Waals surface area contributed by atoms with Gasteiger partial charge in [-0.2, -0.15) is 0 Å². The highest BCUT2D eigenvalue weighted by molar-refractivity contribution is 5.66. The highest BCUT2D eigenvalue weighted by Crippen LogP contribution is 2.15. The number of hydrogen-bond acceptors (Lipinski definition) is 5. The zero-order valence-electron chi connectivity index (χ0n) is 10.4. The lowest BCUT2D eigenvalue weighted by Crippen LogP contribution is -2.25. The molecule has 1 N–H and O–H groups in total. The first-order valence-corrected chi connectivity index (χ1v) is 5.51. The minimum absolute atomic E-state index is 0.112. The summed E-state index contributed by atoms with van der Waals surface area (Å²) in [6.45, 7) is 3.86. The van der Waals surface area contributed by atoms with Gasteiger partial charge in [0.1, 0.15) is 0 Å². The normalized spacial score (nSPS) is 11.7. The second kappa shape index (κ2) is 5.77. The third-order valence-electron chi connectivity index (χ3n) is 2.42. The first kappa shape index (κ1) is 13.6. The standard InChI is InChI=1S/C11H18N2O4/c1-11(2,16-3)7-9-13-12-8(17-9)5-4-6-10(14)15/h4-7H2,1-3H3,(H,14,15). The molecular weight excluding hydrogens is 224 g/mol. The van der Waals surface area contributed by atoms with Crippen LogP contribution in [-0.4, -0.2) is 34.0 Å². The molecule has 6 nitrogen and oxygen atoms in total. The summed E-state index contributed by atoms with van der Waals surface area (Å²) in [5.41, 5.74) is -0.342. The average molecular weight is 242 g/mol. The molecule has 0 saturated carbocycles. The van der Waals surface area contributed by atoms with Gasteiger partial charge < -0.3 is 14.3 Å². The van der Waals surface area contributed by atoms with Crippen molar-refractivity contribution < 1.29 is 19.1 Å². The van der Waals surface area contributed by atoms with E-state index in [2.05, 4.69) is 10.2 Å². The van der Waals surface area contributed by atoms with Crippen LogP contribution in [0.15, 0.2) is 4.42 Å². The molecule has 17 heavy (non-hydrogen) atoms. The Labute approximate surface area is 100.0 Å². The van der Waals surface area contributed by atoms with E-state index in [0.717, 1.165) is 0 Å². The van der Waals surface area contributed by atoms with Gasteiger partial charge in [0.2, 0.25) is 11.8 Å². The molecule has 1 rings (SSSR count). The van der Waals surface area contributed by atoms with E-state index in [1.54, 1.807) is 7.11 Å². The second-order valence-electron chi connectivity index (χ2n) is 4.48. The predicted octanol–water partition coefficient (Wildman–Crippen LogP) is 1.44. The van der Waals surface area contributed by atoms with Crippen LogP contribution in [0.3, 0.4) is 0 Å². The number of carboxylic acid groups (broad SMARTS) is 1. The molecule has 1 aromatic heterocycles. The molecule has 0 aliphatic rings. The van der Waals surface area contributed by atoms with Gasteiger partial charge in [0.15, 0.2) is 0 Å². The lowest BCUT2D eigenvalue weighted by molar-refractivity contribution is -0.137. The maximum atomic E-state index is 10.3. The molecule has 0 spiro atoms. The molecule has 0 amide bonds. The number of aromatic nitrogens is 2. The largest absolute Gasteiger partial charge is 0.481 e. The fourth-order valence-electron chi connectivity index (χ4n) is 1.29. The van der Waals surface area contributed by atoms with Crippen LogP contribution in [0.2, 0.25) is 0 Å². The van der Waals surface area contributed by atoms with Crippen molar-refractivity contribution in [2.45, 2.75) is 45.1 Å². The van der Waals surface area contributed by atoms with Crippen molar-refractivity contribution >= 4 is 5.97 Å². The van der Waals surface area contributed by atoms with Crippen molar-refractivity contribution in [2.75, 3.05) is 7.11 Å². The van der Waals surface area contributed by atoms with Crippen molar-refractivity contribution in [1.29, 1.82) is 0 Å². The van der Waals surface area contributed by atoms with Crippen LogP contribution in [0.1, 0.15) is 38.5 Å². The number of nitrogens with zero attached hydrogens (tertiary/aromatic N) is 2. The smallest absolute Gasteiger partial charge is 0.303 e. The SMILES string of the molecule is COC(C)(C)Cc1nnc(CCCC(=O)O)o1. The van der Waals surface area contributed by atoms with Crippen LogP contribution in [0.5, 0.6) is 0 Å². The van der Waals surface area contributed by atoms with E-state index < -0.39 is 5.97 Å². The number of carboxylic acids is 1. The summed E-state index contributed by atoms with van der Waals surface area (Å²) in [4.78, 5) is 10.3. The number of aliphatic carboxylic acids is 1. The van der Waals surface area contributed by atoms with Gasteiger partial charge >= 0.3 is 5.97 Å². The number of methoxy groups -OCH3 is 1. The number of hydrogen-bond donors (Lipinski definition) is 1. The van der Waals surface area contributed by atoms with Gasteiger partial charge in [0.05, 0.1) is 12.0 Å². The highest BCUT2D eigenvalue weighted by Gasteiger charge is 2.21. The quantitative estimate of drug-likeness (QED) is 0.778. The molecule has 0 unspecified atom stereocenters. The maximum absolute atomic E-state index is 10.3. The Bertz CT molecular complexity index is 373. The molecule has 1 aromatic rings. The van der Waals surface area contributed by atoms with Crippen LogP contribution in [-0.2, 0) is 22.4 Å². The Morgan fingerprint density at radius 2 is 2.06 bits per heavy atom. The molecule has 1 heterocycles. The monoisotopic (exact) mass is 242 g/mol. The summed E-state index contributed by atoms with van der Waals surface area (Å²) in [6, 6.07) is 0. The molecule has 0 saturated heterocycles. The first-order chi connectivity index (χ1) is 7.93. The maximum Gasteiger partial charge on any atom is 0.303 e. The second-order valence-corrected chi connectivity index (χ2v) is 4.48. The highest BCUT2D eigenvalue weighted by atomic mass is 16.5. The topological polar surface area (TPSA) is 85.5 Å². The number of rotatable bonds is 7. The summed E-state index contributed by atoms with van der Waals surface area (Å²) < 4.78 is 10.7. The lowest BCUT2D eigenvalue weighted by atomic mass is 10.1. The van der Waals surface area contributed by atoms with E-state index in [-0.39, 0.29) is 12.0 Å². The first-order valence-electron chi connectivity index (χ1n) is 5.51. The molecule has 6 heteroatoms. The van der Waals surface area contributed by atoms with Crippen molar-refractivity contribution in [3.63, 3.8) is 0 Å². The number of aryl methyl sites for hydroxylation is 1. The number of carbonyl (C=O) groups is 1. The van der Waals surface area contributed by atoms with E-state index in [9.17, 15) is 4.79 Å². The molecule has 96 valence electrons.